The Morgan fingerprint density at radius 1 is 1.82 bits per heavy atom. The molecule has 0 bridgehead atoms. The van der Waals surface area contributed by atoms with Crippen LogP contribution in [-0.4, -0.2) is 5.54 Å². The fraction of sp³-hybridized carbons (Fsp3) is 0.375. The van der Waals surface area contributed by atoms with E-state index < -0.39 is 5.54 Å². The molecule has 11 heavy (non-hydrogen) atoms. The van der Waals surface area contributed by atoms with Gasteiger partial charge in [0, 0.05) is 6.42 Å². The molecular weight excluding hydrogens is 140 g/mol. The highest BCUT2D eigenvalue weighted by Gasteiger charge is 2.18. The summed E-state index contributed by atoms with van der Waals surface area (Å²) in [6.45, 7) is 1.68. The smallest absolute Gasteiger partial charge is 0.108 e. The van der Waals surface area contributed by atoms with Crippen molar-refractivity contribution in [2.24, 2.45) is 5.73 Å². The van der Waals surface area contributed by atoms with E-state index in [9.17, 15) is 0 Å². The first-order valence-corrected chi connectivity index (χ1v) is 3.36. The quantitative estimate of drug-likeness (QED) is 0.685. The van der Waals surface area contributed by atoms with Crippen molar-refractivity contribution in [3.8, 4) is 6.07 Å². The minimum absolute atomic E-state index is 0.455. The Morgan fingerprint density at radius 3 is 3.00 bits per heavy atom. The first-order valence-electron chi connectivity index (χ1n) is 3.36. The summed E-state index contributed by atoms with van der Waals surface area (Å²) in [7, 11) is 0. The third kappa shape index (κ3) is 2.10. The number of hydrogen-bond donors (Lipinski definition) is 1. The molecule has 0 aliphatic heterocycles. The molecule has 3 nitrogen and oxygen atoms in total. The molecule has 1 unspecified atom stereocenters. The van der Waals surface area contributed by atoms with E-state index in [1.807, 2.05) is 12.1 Å². The first kappa shape index (κ1) is 7.83. The highest BCUT2D eigenvalue weighted by Crippen LogP contribution is 2.09. The van der Waals surface area contributed by atoms with Crippen LogP contribution in [0.1, 0.15) is 12.7 Å². The predicted molar refractivity (Wildman–Crippen MR) is 40.6 cm³/mol. The van der Waals surface area contributed by atoms with Crippen molar-refractivity contribution in [2.45, 2.75) is 18.9 Å². The minimum atomic E-state index is -0.822. The number of nitrogens with two attached hydrogens (primary N) is 1. The number of nitriles is 1. The van der Waals surface area contributed by atoms with Crippen LogP contribution < -0.4 is 5.73 Å². The molecule has 1 aromatic rings. The van der Waals surface area contributed by atoms with Gasteiger partial charge in [-0.2, -0.15) is 5.26 Å². The molecule has 1 heterocycles. The molecule has 0 saturated heterocycles. The zero-order chi connectivity index (χ0) is 8.32. The summed E-state index contributed by atoms with van der Waals surface area (Å²) >= 11 is 0. The summed E-state index contributed by atoms with van der Waals surface area (Å²) in [5.74, 6) is 0.747. The maximum Gasteiger partial charge on any atom is 0.108 e. The lowest BCUT2D eigenvalue weighted by molar-refractivity contribution is 0.461. The molecule has 0 radical (unpaired) electrons. The van der Waals surface area contributed by atoms with E-state index in [0.29, 0.717) is 6.42 Å². The van der Waals surface area contributed by atoms with Crippen LogP contribution in [0.4, 0.5) is 0 Å². The average Bonchev–Trinajstić information content (AvgIpc) is 2.39. The predicted octanol–water partition coefficient (Wildman–Crippen LogP) is 1.06. The summed E-state index contributed by atoms with van der Waals surface area (Å²) in [6, 6.07) is 5.59. The zero-order valence-corrected chi connectivity index (χ0v) is 6.37. The summed E-state index contributed by atoms with van der Waals surface area (Å²) in [5.41, 5.74) is 4.76. The summed E-state index contributed by atoms with van der Waals surface area (Å²) in [6.07, 6.45) is 2.03. The van der Waals surface area contributed by atoms with Crippen molar-refractivity contribution in [1.29, 1.82) is 5.26 Å². The molecule has 0 aromatic carbocycles. The molecule has 0 fully saturated rings. The zero-order valence-electron chi connectivity index (χ0n) is 6.37. The van der Waals surface area contributed by atoms with Gasteiger partial charge in [-0.05, 0) is 19.1 Å². The van der Waals surface area contributed by atoms with Gasteiger partial charge < -0.3 is 10.2 Å². The van der Waals surface area contributed by atoms with Gasteiger partial charge in [-0.15, -0.1) is 0 Å². The summed E-state index contributed by atoms with van der Waals surface area (Å²) in [4.78, 5) is 0. The van der Waals surface area contributed by atoms with Crippen LogP contribution in [0.15, 0.2) is 22.8 Å². The lowest BCUT2D eigenvalue weighted by atomic mass is 10.0. The summed E-state index contributed by atoms with van der Waals surface area (Å²) < 4.78 is 5.04. The first-order chi connectivity index (χ1) is 5.14. The monoisotopic (exact) mass is 150 g/mol. The van der Waals surface area contributed by atoms with E-state index in [2.05, 4.69) is 0 Å². The average molecular weight is 150 g/mol. The molecule has 0 spiro atoms. The van der Waals surface area contributed by atoms with Gasteiger partial charge in [0.15, 0.2) is 0 Å². The Hall–Kier alpha value is -1.27. The molecular formula is C8H10N2O. The number of nitrogens with zero attached hydrogens (tertiary/aromatic N) is 1. The standard InChI is InChI=1S/C8H10N2O/c1-8(10,6-9)5-7-3-2-4-11-7/h2-4H,5,10H2,1H3. The topological polar surface area (TPSA) is 63.0 Å². The molecule has 1 rings (SSSR count). The van der Waals surface area contributed by atoms with Crippen molar-refractivity contribution in [3.05, 3.63) is 24.2 Å². The van der Waals surface area contributed by atoms with Crippen LogP contribution in [0, 0.1) is 11.3 Å². The van der Waals surface area contributed by atoms with Crippen LogP contribution in [0.3, 0.4) is 0 Å². The van der Waals surface area contributed by atoms with Gasteiger partial charge in [0.1, 0.15) is 11.3 Å². The lowest BCUT2D eigenvalue weighted by Gasteiger charge is -2.11. The van der Waals surface area contributed by atoms with Gasteiger partial charge in [-0.1, -0.05) is 0 Å². The second kappa shape index (κ2) is 2.77. The number of hydrogen-bond acceptors (Lipinski definition) is 3. The molecule has 3 heteroatoms. The second-order valence-electron chi connectivity index (χ2n) is 2.79. The van der Waals surface area contributed by atoms with Crippen LogP contribution in [0.5, 0.6) is 0 Å². The van der Waals surface area contributed by atoms with Gasteiger partial charge in [0.25, 0.3) is 0 Å². The van der Waals surface area contributed by atoms with Crippen molar-refractivity contribution < 1.29 is 4.42 Å². The fourth-order valence-corrected chi connectivity index (χ4v) is 0.815. The summed E-state index contributed by atoms with van der Waals surface area (Å²) in [5, 5.41) is 8.58. The van der Waals surface area contributed by atoms with Crippen molar-refractivity contribution >= 4 is 0 Å². The van der Waals surface area contributed by atoms with Crippen LogP contribution in [-0.2, 0) is 6.42 Å². The van der Waals surface area contributed by atoms with Crippen LogP contribution in [0.25, 0.3) is 0 Å². The normalized spacial score (nSPS) is 15.4. The molecule has 58 valence electrons. The van der Waals surface area contributed by atoms with E-state index >= 15 is 0 Å². The van der Waals surface area contributed by atoms with Gasteiger partial charge in [-0.25, -0.2) is 0 Å². The minimum Gasteiger partial charge on any atom is -0.469 e. The van der Waals surface area contributed by atoms with Gasteiger partial charge in [0.05, 0.1) is 12.3 Å². The maximum absolute atomic E-state index is 8.58. The Bertz CT molecular complexity index is 256. The fourth-order valence-electron chi connectivity index (χ4n) is 0.815. The van der Waals surface area contributed by atoms with Gasteiger partial charge in [0.2, 0.25) is 0 Å². The third-order valence-electron chi connectivity index (χ3n) is 1.38. The van der Waals surface area contributed by atoms with Crippen molar-refractivity contribution in [3.63, 3.8) is 0 Å². The molecule has 0 saturated carbocycles. The van der Waals surface area contributed by atoms with Gasteiger partial charge >= 0.3 is 0 Å². The van der Waals surface area contributed by atoms with Gasteiger partial charge in [-0.3, -0.25) is 0 Å². The molecule has 2 N–H and O–H groups in total. The van der Waals surface area contributed by atoms with E-state index in [-0.39, 0.29) is 0 Å². The lowest BCUT2D eigenvalue weighted by Crippen LogP contribution is -2.36. The van der Waals surface area contributed by atoms with Crippen molar-refractivity contribution in [1.82, 2.24) is 0 Å². The van der Waals surface area contributed by atoms with E-state index in [1.165, 1.54) is 0 Å². The molecule has 0 amide bonds. The molecule has 0 aliphatic carbocycles. The highest BCUT2D eigenvalue weighted by atomic mass is 16.3. The van der Waals surface area contributed by atoms with E-state index in [4.69, 9.17) is 15.4 Å². The van der Waals surface area contributed by atoms with E-state index in [1.54, 1.807) is 19.3 Å². The second-order valence-corrected chi connectivity index (χ2v) is 2.79. The Morgan fingerprint density at radius 2 is 2.55 bits per heavy atom. The van der Waals surface area contributed by atoms with Crippen LogP contribution >= 0.6 is 0 Å². The Balaban J connectivity index is 2.65. The Kier molecular flexibility index (Phi) is 1.97. The van der Waals surface area contributed by atoms with Crippen LogP contribution in [0.2, 0.25) is 0 Å². The number of rotatable bonds is 2. The maximum atomic E-state index is 8.58. The molecule has 0 aliphatic rings. The third-order valence-corrected chi connectivity index (χ3v) is 1.38. The SMILES string of the molecule is CC(N)(C#N)Cc1ccco1. The molecule has 1 aromatic heterocycles. The molecule has 1 atom stereocenters. The van der Waals surface area contributed by atoms with E-state index in [0.717, 1.165) is 5.76 Å². The number of furan rings is 1. The van der Waals surface area contributed by atoms with Crippen molar-refractivity contribution in [2.75, 3.05) is 0 Å². The Labute approximate surface area is 65.4 Å². The highest BCUT2D eigenvalue weighted by molar-refractivity contribution is 5.11. The largest absolute Gasteiger partial charge is 0.469 e.